The van der Waals surface area contributed by atoms with Crippen molar-refractivity contribution in [3.8, 4) is 0 Å². The Hall–Kier alpha value is 0.0300. The maximum Gasteiger partial charge on any atom is 0.472 e. The van der Waals surface area contributed by atoms with Crippen LogP contribution in [0.4, 0.5) is 0 Å². The van der Waals surface area contributed by atoms with Gasteiger partial charge in [0.05, 0.1) is 25.4 Å². The van der Waals surface area contributed by atoms with Gasteiger partial charge in [-0.1, -0.05) is 13.8 Å². The molecule has 0 aliphatic carbocycles. The Balaban J connectivity index is 3.91. The third-order valence-electron chi connectivity index (χ3n) is 2.03. The molecule has 19 heavy (non-hydrogen) atoms. The second-order valence-electron chi connectivity index (χ2n) is 4.45. The molecule has 0 rings (SSSR count). The van der Waals surface area contributed by atoms with Gasteiger partial charge < -0.3 is 14.4 Å². The highest BCUT2D eigenvalue weighted by Gasteiger charge is 2.27. The minimum atomic E-state index is -4.06. The van der Waals surface area contributed by atoms with Crippen molar-refractivity contribution in [3.05, 3.63) is 0 Å². The zero-order chi connectivity index (χ0) is 14.7. The molecule has 0 aliphatic heterocycles. The van der Waals surface area contributed by atoms with E-state index in [1.165, 1.54) is 0 Å². The summed E-state index contributed by atoms with van der Waals surface area (Å²) in [5.74, 6) is 0. The average Bonchev–Trinajstić information content (AvgIpc) is 2.28. The molecule has 2 unspecified atom stereocenters. The quantitative estimate of drug-likeness (QED) is 0.441. The molecular weight excluding hydrogens is 271 g/mol. The van der Waals surface area contributed by atoms with Crippen LogP contribution in [0.1, 0.15) is 40.5 Å². The molecule has 0 radical (unpaired) electrons. The Morgan fingerprint density at radius 1 is 0.947 bits per heavy atom. The first-order chi connectivity index (χ1) is 8.91. The van der Waals surface area contributed by atoms with Gasteiger partial charge in [0.15, 0.2) is 0 Å². The second-order valence-corrected chi connectivity index (χ2v) is 5.81. The lowest BCUT2D eigenvalue weighted by Gasteiger charge is -2.20. The van der Waals surface area contributed by atoms with Crippen LogP contribution in [-0.2, 0) is 23.1 Å². The maximum absolute atomic E-state index is 11.7. The fourth-order valence-electron chi connectivity index (χ4n) is 1.33. The van der Waals surface area contributed by atoms with Crippen molar-refractivity contribution in [2.45, 2.75) is 52.7 Å². The van der Waals surface area contributed by atoms with E-state index in [9.17, 15) is 9.46 Å². The summed E-state index contributed by atoms with van der Waals surface area (Å²) in [6.45, 7) is 9.05. The van der Waals surface area contributed by atoms with E-state index in [0.717, 1.165) is 12.8 Å². The van der Waals surface area contributed by atoms with Gasteiger partial charge in [-0.15, -0.1) is 0 Å². The highest BCUT2D eigenvalue weighted by Crippen LogP contribution is 2.45. The topological polar surface area (TPSA) is 74.2 Å². The maximum atomic E-state index is 11.7. The first-order valence-electron chi connectivity index (χ1n) is 6.76. The Kier molecular flexibility index (Phi) is 10.8. The Morgan fingerprint density at radius 3 is 1.63 bits per heavy atom. The molecule has 0 spiro atoms. The van der Waals surface area contributed by atoms with Crippen LogP contribution in [0.5, 0.6) is 0 Å². The Morgan fingerprint density at radius 2 is 1.32 bits per heavy atom. The first-order valence-corrected chi connectivity index (χ1v) is 8.25. The zero-order valence-electron chi connectivity index (χ0n) is 12.3. The monoisotopic (exact) mass is 298 g/mol. The predicted molar refractivity (Wildman–Crippen MR) is 73.1 cm³/mol. The SMILES string of the molecule is CCCOCC(C)OP(=O)(O)OC(C)COCCC. The largest absolute Gasteiger partial charge is 0.472 e. The third kappa shape index (κ3) is 11.5. The number of rotatable bonds is 12. The van der Waals surface area contributed by atoms with E-state index in [4.69, 9.17) is 18.5 Å². The highest BCUT2D eigenvalue weighted by atomic mass is 31.2. The van der Waals surface area contributed by atoms with Crippen molar-refractivity contribution < 1.29 is 28.0 Å². The summed E-state index contributed by atoms with van der Waals surface area (Å²) in [7, 11) is -4.06. The van der Waals surface area contributed by atoms with E-state index >= 15 is 0 Å². The number of ether oxygens (including phenoxy) is 2. The molecule has 0 aromatic heterocycles. The lowest BCUT2D eigenvalue weighted by Crippen LogP contribution is -2.20. The molecule has 2 atom stereocenters. The summed E-state index contributed by atoms with van der Waals surface area (Å²) in [6.07, 6.45) is 0.801. The number of phosphoric ester groups is 1. The number of hydrogen-bond acceptors (Lipinski definition) is 5. The minimum Gasteiger partial charge on any atom is -0.379 e. The van der Waals surface area contributed by atoms with Gasteiger partial charge in [0.2, 0.25) is 0 Å². The van der Waals surface area contributed by atoms with Crippen LogP contribution in [0.3, 0.4) is 0 Å². The summed E-state index contributed by atoms with van der Waals surface area (Å²) in [5.41, 5.74) is 0. The van der Waals surface area contributed by atoms with Crippen LogP contribution < -0.4 is 0 Å². The van der Waals surface area contributed by atoms with Crippen LogP contribution in [0, 0.1) is 0 Å². The van der Waals surface area contributed by atoms with Gasteiger partial charge in [0.1, 0.15) is 0 Å². The van der Waals surface area contributed by atoms with Gasteiger partial charge in [0.25, 0.3) is 0 Å². The molecule has 0 bridgehead atoms. The lowest BCUT2D eigenvalue weighted by atomic mass is 10.4. The normalized spacial score (nSPS) is 17.9. The molecule has 116 valence electrons. The molecule has 7 heteroatoms. The van der Waals surface area contributed by atoms with Gasteiger partial charge in [-0.2, -0.15) is 0 Å². The Bertz CT molecular complexity index is 239. The van der Waals surface area contributed by atoms with E-state index in [0.29, 0.717) is 13.2 Å². The molecule has 6 nitrogen and oxygen atoms in total. The Labute approximate surface area is 116 Å². The van der Waals surface area contributed by atoms with Crippen LogP contribution in [0.15, 0.2) is 0 Å². The predicted octanol–water partition coefficient (Wildman–Crippen LogP) is 2.75. The summed E-state index contributed by atoms with van der Waals surface area (Å²) < 4.78 is 32.1. The van der Waals surface area contributed by atoms with Crippen LogP contribution in [0.2, 0.25) is 0 Å². The highest BCUT2D eigenvalue weighted by molar-refractivity contribution is 7.47. The number of hydrogen-bond donors (Lipinski definition) is 1. The molecule has 0 aromatic carbocycles. The summed E-state index contributed by atoms with van der Waals surface area (Å²) in [6, 6.07) is 0. The molecule has 0 fully saturated rings. The van der Waals surface area contributed by atoms with Crippen molar-refractivity contribution in [1.29, 1.82) is 0 Å². The van der Waals surface area contributed by atoms with Crippen molar-refractivity contribution >= 4 is 7.82 Å². The second kappa shape index (κ2) is 10.8. The van der Waals surface area contributed by atoms with Gasteiger partial charge >= 0.3 is 7.82 Å². The lowest BCUT2D eigenvalue weighted by molar-refractivity contribution is 0.00677. The van der Waals surface area contributed by atoms with Gasteiger partial charge in [-0.25, -0.2) is 4.57 Å². The smallest absolute Gasteiger partial charge is 0.379 e. The van der Waals surface area contributed by atoms with Crippen LogP contribution in [0.25, 0.3) is 0 Å². The first kappa shape index (κ1) is 19.0. The van der Waals surface area contributed by atoms with E-state index in [1.807, 2.05) is 13.8 Å². The fourth-order valence-corrected chi connectivity index (χ4v) is 2.41. The standard InChI is InChI=1S/C12H27O6P/c1-5-7-15-9-11(3)17-19(13,14)18-12(4)10-16-8-6-2/h11-12H,5-10H2,1-4H3,(H,13,14). The number of phosphoric acid groups is 1. The summed E-state index contributed by atoms with van der Waals surface area (Å²) >= 11 is 0. The molecule has 0 saturated carbocycles. The van der Waals surface area contributed by atoms with E-state index in [2.05, 4.69) is 0 Å². The van der Waals surface area contributed by atoms with E-state index < -0.39 is 20.0 Å². The van der Waals surface area contributed by atoms with Gasteiger partial charge in [0, 0.05) is 13.2 Å². The van der Waals surface area contributed by atoms with E-state index in [-0.39, 0.29) is 13.2 Å². The fraction of sp³-hybridized carbons (Fsp3) is 1.00. The molecule has 0 heterocycles. The summed E-state index contributed by atoms with van der Waals surface area (Å²) in [5, 5.41) is 0. The molecule has 0 saturated heterocycles. The summed E-state index contributed by atoms with van der Waals surface area (Å²) in [4.78, 5) is 9.57. The van der Waals surface area contributed by atoms with Crippen molar-refractivity contribution in [1.82, 2.24) is 0 Å². The third-order valence-corrected chi connectivity index (χ3v) is 3.28. The van der Waals surface area contributed by atoms with Crippen molar-refractivity contribution in [2.75, 3.05) is 26.4 Å². The minimum absolute atomic E-state index is 0.266. The molecule has 0 aliphatic rings. The van der Waals surface area contributed by atoms with Gasteiger partial charge in [-0.3, -0.25) is 9.05 Å². The van der Waals surface area contributed by atoms with Gasteiger partial charge in [-0.05, 0) is 26.7 Å². The van der Waals surface area contributed by atoms with Crippen LogP contribution >= 0.6 is 7.82 Å². The molecular formula is C12H27O6P. The van der Waals surface area contributed by atoms with E-state index in [1.54, 1.807) is 13.8 Å². The van der Waals surface area contributed by atoms with Crippen molar-refractivity contribution in [3.63, 3.8) is 0 Å². The average molecular weight is 298 g/mol. The zero-order valence-corrected chi connectivity index (χ0v) is 13.2. The van der Waals surface area contributed by atoms with Crippen molar-refractivity contribution in [2.24, 2.45) is 0 Å². The molecule has 0 amide bonds. The molecule has 1 N–H and O–H groups in total. The van der Waals surface area contributed by atoms with Crippen LogP contribution in [-0.4, -0.2) is 43.5 Å². The molecule has 0 aromatic rings.